The van der Waals surface area contributed by atoms with Crippen molar-refractivity contribution >= 4 is 28.4 Å². The average molecular weight is 350 g/mol. The Balaban J connectivity index is 2.15. The van der Waals surface area contributed by atoms with E-state index in [9.17, 15) is 15.4 Å². The van der Waals surface area contributed by atoms with Gasteiger partial charge in [0, 0.05) is 17.7 Å². The number of aromatic amines is 1. The molecular formula is C18H14N4O4. The number of nitrogens with one attached hydrogen (secondary N) is 1. The second-order valence-corrected chi connectivity index (χ2v) is 5.30. The molecule has 0 aliphatic carbocycles. The number of fused-ring (bicyclic) bond motifs is 1. The summed E-state index contributed by atoms with van der Waals surface area (Å²) < 4.78 is 10.3. The molecule has 0 aliphatic rings. The average Bonchev–Trinajstić information content (AvgIpc) is 3.09. The highest BCUT2D eigenvalue weighted by Gasteiger charge is 2.19. The van der Waals surface area contributed by atoms with Crippen LogP contribution in [0.3, 0.4) is 0 Å². The van der Waals surface area contributed by atoms with Crippen molar-refractivity contribution in [3.8, 4) is 17.6 Å². The molecule has 8 nitrogen and oxygen atoms in total. The number of nitrogens with zero attached hydrogens (tertiary/aromatic N) is 3. The fourth-order valence-corrected chi connectivity index (χ4v) is 2.55. The molecule has 0 spiro atoms. The first kappa shape index (κ1) is 17.0. The number of benzene rings is 2. The number of para-hydroxylation sites is 2. The van der Waals surface area contributed by atoms with Gasteiger partial charge in [0.2, 0.25) is 5.75 Å². The molecule has 1 N–H and O–H groups in total. The van der Waals surface area contributed by atoms with Gasteiger partial charge >= 0.3 is 5.69 Å². The molecule has 0 radical (unpaired) electrons. The number of nitro groups is 1. The number of methoxy groups -OCH3 is 2. The van der Waals surface area contributed by atoms with Crippen LogP contribution in [0.15, 0.2) is 36.4 Å². The van der Waals surface area contributed by atoms with Gasteiger partial charge in [-0.2, -0.15) is 5.26 Å². The SMILES string of the molecule is COc1cc(OC)c([N+](=O)[O-])cc1/C=C(/C#N)c1nc2ccccc2[nH]1. The number of ether oxygens (including phenoxy) is 2. The Morgan fingerprint density at radius 2 is 2.00 bits per heavy atom. The first-order valence-corrected chi connectivity index (χ1v) is 7.54. The molecule has 0 aliphatic heterocycles. The van der Waals surface area contributed by atoms with Crippen molar-refractivity contribution in [1.29, 1.82) is 5.26 Å². The van der Waals surface area contributed by atoms with E-state index in [0.717, 1.165) is 11.0 Å². The Morgan fingerprint density at radius 1 is 1.27 bits per heavy atom. The summed E-state index contributed by atoms with van der Waals surface area (Å²) >= 11 is 0. The number of hydrogen-bond donors (Lipinski definition) is 1. The number of aromatic nitrogens is 2. The second kappa shape index (κ2) is 6.94. The Bertz CT molecular complexity index is 1030. The van der Waals surface area contributed by atoms with Crippen molar-refractivity contribution in [3.63, 3.8) is 0 Å². The summed E-state index contributed by atoms with van der Waals surface area (Å²) in [4.78, 5) is 18.1. The number of imidazole rings is 1. The van der Waals surface area contributed by atoms with Crippen molar-refractivity contribution in [1.82, 2.24) is 9.97 Å². The summed E-state index contributed by atoms with van der Waals surface area (Å²) in [5, 5.41) is 20.8. The monoisotopic (exact) mass is 350 g/mol. The van der Waals surface area contributed by atoms with Gasteiger partial charge in [0.05, 0.1) is 35.7 Å². The maximum atomic E-state index is 11.3. The van der Waals surface area contributed by atoms with E-state index in [-0.39, 0.29) is 17.0 Å². The lowest BCUT2D eigenvalue weighted by Gasteiger charge is -2.08. The van der Waals surface area contributed by atoms with E-state index < -0.39 is 4.92 Å². The van der Waals surface area contributed by atoms with E-state index in [1.807, 2.05) is 24.3 Å². The molecule has 8 heteroatoms. The molecule has 0 amide bonds. The number of H-pyrrole nitrogens is 1. The molecule has 0 saturated heterocycles. The second-order valence-electron chi connectivity index (χ2n) is 5.30. The summed E-state index contributed by atoms with van der Waals surface area (Å²) in [6.07, 6.45) is 1.49. The third-order valence-electron chi connectivity index (χ3n) is 3.79. The molecule has 1 aromatic heterocycles. The topological polar surface area (TPSA) is 114 Å². The van der Waals surface area contributed by atoms with E-state index in [2.05, 4.69) is 16.0 Å². The van der Waals surface area contributed by atoms with Gasteiger partial charge < -0.3 is 14.5 Å². The molecule has 0 atom stereocenters. The lowest BCUT2D eigenvalue weighted by molar-refractivity contribution is -0.385. The quantitative estimate of drug-likeness (QED) is 0.427. The van der Waals surface area contributed by atoms with Crippen molar-refractivity contribution in [3.05, 3.63) is 57.9 Å². The van der Waals surface area contributed by atoms with Gasteiger partial charge in [-0.1, -0.05) is 12.1 Å². The van der Waals surface area contributed by atoms with Gasteiger partial charge in [-0.3, -0.25) is 10.1 Å². The van der Waals surface area contributed by atoms with Gasteiger partial charge in [0.1, 0.15) is 17.6 Å². The van der Waals surface area contributed by atoms with Crippen molar-refractivity contribution in [2.45, 2.75) is 0 Å². The zero-order valence-electron chi connectivity index (χ0n) is 14.0. The predicted octanol–water partition coefficient (Wildman–Crippen LogP) is 3.55. The fraction of sp³-hybridized carbons (Fsp3) is 0.111. The third kappa shape index (κ3) is 3.06. The largest absolute Gasteiger partial charge is 0.496 e. The van der Waals surface area contributed by atoms with Gasteiger partial charge in [-0.15, -0.1) is 0 Å². The zero-order valence-corrected chi connectivity index (χ0v) is 14.0. The summed E-state index contributed by atoms with van der Waals surface area (Å²) in [6.45, 7) is 0. The lowest BCUT2D eigenvalue weighted by Crippen LogP contribution is -1.97. The smallest absolute Gasteiger partial charge is 0.311 e. The Morgan fingerprint density at radius 3 is 2.62 bits per heavy atom. The summed E-state index contributed by atoms with van der Waals surface area (Å²) in [5.74, 6) is 0.789. The van der Waals surface area contributed by atoms with Crippen LogP contribution in [0, 0.1) is 21.4 Å². The fourth-order valence-electron chi connectivity index (χ4n) is 2.55. The molecule has 26 heavy (non-hydrogen) atoms. The summed E-state index contributed by atoms with van der Waals surface area (Å²) in [7, 11) is 2.78. The minimum Gasteiger partial charge on any atom is -0.496 e. The lowest BCUT2D eigenvalue weighted by atomic mass is 10.1. The van der Waals surface area contributed by atoms with E-state index >= 15 is 0 Å². The maximum Gasteiger partial charge on any atom is 0.311 e. The third-order valence-corrected chi connectivity index (χ3v) is 3.79. The molecule has 3 aromatic rings. The van der Waals surface area contributed by atoms with Gasteiger partial charge in [0.15, 0.2) is 0 Å². The highest BCUT2D eigenvalue weighted by Crippen LogP contribution is 2.36. The Kier molecular flexibility index (Phi) is 4.53. The number of rotatable bonds is 5. The van der Waals surface area contributed by atoms with E-state index in [1.165, 1.54) is 32.4 Å². The first-order valence-electron chi connectivity index (χ1n) is 7.54. The van der Waals surface area contributed by atoms with Crippen LogP contribution in [0.5, 0.6) is 11.5 Å². The molecule has 0 bridgehead atoms. The molecule has 1 heterocycles. The number of nitriles is 1. The van der Waals surface area contributed by atoms with Crippen LogP contribution in [0.25, 0.3) is 22.7 Å². The zero-order chi connectivity index (χ0) is 18.7. The van der Waals surface area contributed by atoms with Crippen LogP contribution in [0.2, 0.25) is 0 Å². The van der Waals surface area contributed by atoms with Crippen LogP contribution >= 0.6 is 0 Å². The highest BCUT2D eigenvalue weighted by molar-refractivity contribution is 5.91. The van der Waals surface area contributed by atoms with Gasteiger partial charge in [-0.05, 0) is 18.2 Å². The molecule has 0 fully saturated rings. The summed E-state index contributed by atoms with van der Waals surface area (Å²) in [6, 6.07) is 12.2. The number of allylic oxidation sites excluding steroid dienone is 1. The van der Waals surface area contributed by atoms with Crippen molar-refractivity contribution in [2.24, 2.45) is 0 Å². The van der Waals surface area contributed by atoms with Gasteiger partial charge in [0.25, 0.3) is 0 Å². The van der Waals surface area contributed by atoms with Crippen LogP contribution in [0.4, 0.5) is 5.69 Å². The van der Waals surface area contributed by atoms with E-state index in [4.69, 9.17) is 9.47 Å². The molecule has 3 rings (SSSR count). The minimum absolute atomic E-state index is 0.0752. The predicted molar refractivity (Wildman–Crippen MR) is 95.8 cm³/mol. The number of hydrogen-bond acceptors (Lipinski definition) is 6. The molecular weight excluding hydrogens is 336 g/mol. The van der Waals surface area contributed by atoms with Crippen molar-refractivity contribution < 1.29 is 14.4 Å². The first-order chi connectivity index (χ1) is 12.6. The van der Waals surface area contributed by atoms with E-state index in [0.29, 0.717) is 17.1 Å². The van der Waals surface area contributed by atoms with E-state index in [1.54, 1.807) is 0 Å². The molecule has 0 unspecified atom stereocenters. The highest BCUT2D eigenvalue weighted by atomic mass is 16.6. The molecule has 130 valence electrons. The number of nitro benzene ring substituents is 1. The maximum absolute atomic E-state index is 11.3. The Hall–Kier alpha value is -3.86. The van der Waals surface area contributed by atoms with Gasteiger partial charge in [-0.25, -0.2) is 4.98 Å². The van der Waals surface area contributed by atoms with Crippen LogP contribution in [0.1, 0.15) is 11.4 Å². The minimum atomic E-state index is -0.553. The summed E-state index contributed by atoms with van der Waals surface area (Å²) in [5.41, 5.74) is 1.88. The van der Waals surface area contributed by atoms with Crippen LogP contribution in [-0.2, 0) is 0 Å². The Labute approximate surface area is 148 Å². The normalized spacial score (nSPS) is 11.2. The van der Waals surface area contributed by atoms with Crippen LogP contribution < -0.4 is 9.47 Å². The standard InChI is InChI=1S/C18H14N4O4/c1-25-16-9-17(26-2)15(22(23)24)8-11(16)7-12(10-19)18-20-13-5-3-4-6-14(13)21-18/h3-9H,1-2H3,(H,20,21)/b12-7-. The molecule has 2 aromatic carbocycles. The molecule has 0 saturated carbocycles. The van der Waals surface area contributed by atoms with Crippen LogP contribution in [-0.4, -0.2) is 29.1 Å². The van der Waals surface area contributed by atoms with Crippen molar-refractivity contribution in [2.75, 3.05) is 14.2 Å².